The second-order valence-electron chi connectivity index (χ2n) is 13.7. The lowest BCUT2D eigenvalue weighted by molar-refractivity contribution is -0.535. The third-order valence-corrected chi connectivity index (χ3v) is 11.1. The number of benzene rings is 4. The van der Waals surface area contributed by atoms with Crippen LogP contribution < -0.4 is 30.6 Å². The Morgan fingerprint density at radius 3 is 1.52 bits per heavy atom. The maximum atomic E-state index is 14.2. The van der Waals surface area contributed by atoms with Crippen molar-refractivity contribution in [3.8, 4) is 0 Å². The number of nitrogens with zero attached hydrogens (tertiary/aromatic N) is 2. The van der Waals surface area contributed by atoms with Crippen molar-refractivity contribution in [3.63, 3.8) is 0 Å². The molecule has 2 atom stereocenters. The monoisotopic (exact) mass is 586 g/mol. The van der Waals surface area contributed by atoms with E-state index in [2.05, 4.69) is 24.5 Å². The summed E-state index contributed by atoms with van der Waals surface area (Å²) in [4.78, 5) is 30.0. The van der Waals surface area contributed by atoms with Gasteiger partial charge in [-0.3, -0.25) is 19.4 Å². The zero-order valence-corrected chi connectivity index (χ0v) is 24.9. The third kappa shape index (κ3) is 3.25. The van der Waals surface area contributed by atoms with Gasteiger partial charge in [0.05, 0.1) is 11.4 Å². The van der Waals surface area contributed by atoms with Gasteiger partial charge >= 0.3 is 0 Å². The van der Waals surface area contributed by atoms with Crippen LogP contribution in [-0.2, 0) is 9.59 Å². The van der Waals surface area contributed by atoms with Crippen LogP contribution in [0.2, 0.25) is 0 Å². The fourth-order valence-corrected chi connectivity index (χ4v) is 9.15. The van der Waals surface area contributed by atoms with Gasteiger partial charge in [0.15, 0.2) is 0 Å². The fraction of sp³-hybridized carbons (Fsp3) is 0.389. The SMILES string of the molecule is CC12CCCC(=O)N1c1cccc3c(C4C([O-])C(c5ccc6c7c(cccc57)N5C(=O)CCCC5(C)N6)C4[O-])ccc(c13)N2. The molecule has 2 N–H and O–H groups in total. The average molecular weight is 587 g/mol. The number of piperidine rings is 2. The lowest BCUT2D eigenvalue weighted by Gasteiger charge is -2.62. The highest BCUT2D eigenvalue weighted by Crippen LogP contribution is 2.54. The normalized spacial score (nSPS) is 32.1. The number of hydrogen-bond donors (Lipinski definition) is 2. The smallest absolute Gasteiger partial charge is 0.228 e. The molecule has 8 nitrogen and oxygen atoms in total. The van der Waals surface area contributed by atoms with Gasteiger partial charge in [0.1, 0.15) is 11.3 Å². The summed E-state index contributed by atoms with van der Waals surface area (Å²) < 4.78 is 0. The van der Waals surface area contributed by atoms with E-state index in [9.17, 15) is 19.8 Å². The first kappa shape index (κ1) is 26.3. The van der Waals surface area contributed by atoms with Gasteiger partial charge in [0, 0.05) is 35.0 Å². The molecule has 1 saturated carbocycles. The van der Waals surface area contributed by atoms with E-state index in [4.69, 9.17) is 0 Å². The van der Waals surface area contributed by atoms with E-state index < -0.39 is 35.4 Å². The minimum atomic E-state index is -1.12. The molecule has 9 rings (SSSR count). The van der Waals surface area contributed by atoms with E-state index in [1.807, 2.05) is 70.5 Å². The predicted octanol–water partition coefficient (Wildman–Crippen LogP) is 4.65. The highest BCUT2D eigenvalue weighted by atomic mass is 16.3. The minimum Gasteiger partial charge on any atom is -0.851 e. The van der Waals surface area contributed by atoms with Gasteiger partial charge in [-0.25, -0.2) is 0 Å². The zero-order valence-electron chi connectivity index (χ0n) is 24.9. The van der Waals surface area contributed by atoms with Gasteiger partial charge in [-0.1, -0.05) is 36.4 Å². The van der Waals surface area contributed by atoms with Crippen molar-refractivity contribution in [1.29, 1.82) is 0 Å². The molecule has 4 heterocycles. The Kier molecular flexibility index (Phi) is 5.22. The first-order valence-electron chi connectivity index (χ1n) is 15.9. The van der Waals surface area contributed by atoms with Crippen LogP contribution in [0.5, 0.6) is 0 Å². The van der Waals surface area contributed by atoms with Gasteiger partial charge in [-0.2, -0.15) is 0 Å². The summed E-state index contributed by atoms with van der Waals surface area (Å²) in [5, 5.41) is 39.1. The number of hydrogen-bond acceptors (Lipinski definition) is 6. The summed E-state index contributed by atoms with van der Waals surface area (Å²) in [6.07, 6.45) is 2.14. The summed E-state index contributed by atoms with van der Waals surface area (Å²) in [5.74, 6) is -1.23. The van der Waals surface area contributed by atoms with Crippen molar-refractivity contribution in [2.45, 2.75) is 87.7 Å². The summed E-state index contributed by atoms with van der Waals surface area (Å²) in [7, 11) is 0. The minimum absolute atomic E-state index is 0.0887. The molecule has 44 heavy (non-hydrogen) atoms. The lowest BCUT2D eigenvalue weighted by Crippen LogP contribution is -2.63. The first-order chi connectivity index (χ1) is 21.2. The summed E-state index contributed by atoms with van der Waals surface area (Å²) in [6.45, 7) is 4.13. The second kappa shape index (κ2) is 8.73. The number of amides is 2. The standard InChI is InChI=1S/C36H34N4O4/c1-35-17-5-11-27(41)39(35)25-9-3-7-19-21(13-15-23(37-35)29(19)25)31-33(43)32(34(31)44)22-14-16-24-30-20(22)8-4-10-26(30)40-28(42)12-6-18-36(40,2)38-24/h3-4,7-10,13-16,31-34,37-38H,5-6,11-12,17-18H2,1-2H3/q-2. The largest absolute Gasteiger partial charge is 0.851 e. The molecule has 1 aliphatic carbocycles. The van der Waals surface area contributed by atoms with E-state index in [0.717, 1.165) is 81.1 Å². The van der Waals surface area contributed by atoms with E-state index in [1.165, 1.54) is 0 Å². The van der Waals surface area contributed by atoms with Crippen LogP contribution in [0, 0.1) is 0 Å². The summed E-state index contributed by atoms with van der Waals surface area (Å²) >= 11 is 0. The van der Waals surface area contributed by atoms with Crippen LogP contribution >= 0.6 is 0 Å². The highest BCUT2D eigenvalue weighted by molar-refractivity contribution is 6.15. The number of carbonyl (C=O) groups is 2. The Morgan fingerprint density at radius 1 is 0.659 bits per heavy atom. The van der Waals surface area contributed by atoms with Gasteiger partial charge < -0.3 is 20.8 Å². The Balaban J connectivity index is 1.12. The maximum absolute atomic E-state index is 14.2. The van der Waals surface area contributed by atoms with Crippen molar-refractivity contribution in [2.24, 2.45) is 0 Å². The van der Waals surface area contributed by atoms with Crippen LogP contribution in [-0.4, -0.2) is 35.3 Å². The quantitative estimate of drug-likeness (QED) is 0.354. The molecule has 2 saturated heterocycles. The maximum Gasteiger partial charge on any atom is 0.228 e. The van der Waals surface area contributed by atoms with Crippen LogP contribution in [0.15, 0.2) is 60.7 Å². The van der Waals surface area contributed by atoms with E-state index >= 15 is 0 Å². The van der Waals surface area contributed by atoms with Crippen molar-refractivity contribution in [2.75, 3.05) is 20.4 Å². The number of fused-ring (bicyclic) bond motifs is 4. The van der Waals surface area contributed by atoms with E-state index in [1.54, 1.807) is 0 Å². The van der Waals surface area contributed by atoms with Gasteiger partial charge in [-0.05, 0) is 97.5 Å². The van der Waals surface area contributed by atoms with Gasteiger partial charge in [-0.15, -0.1) is 12.2 Å². The zero-order chi connectivity index (χ0) is 30.1. The molecule has 4 aromatic rings. The molecule has 0 bridgehead atoms. The molecular weight excluding hydrogens is 552 g/mol. The van der Waals surface area contributed by atoms with Crippen molar-refractivity contribution >= 4 is 56.1 Å². The predicted molar refractivity (Wildman–Crippen MR) is 168 cm³/mol. The van der Waals surface area contributed by atoms with E-state index in [-0.39, 0.29) is 11.8 Å². The van der Waals surface area contributed by atoms with Crippen LogP contribution in [0.1, 0.15) is 75.3 Å². The first-order valence-corrected chi connectivity index (χ1v) is 15.9. The number of anilines is 4. The molecule has 5 aliphatic rings. The Labute approximate surface area is 255 Å². The molecule has 0 spiro atoms. The van der Waals surface area contributed by atoms with Crippen LogP contribution in [0.25, 0.3) is 21.5 Å². The van der Waals surface area contributed by atoms with Crippen molar-refractivity contribution < 1.29 is 19.8 Å². The molecule has 4 aliphatic heterocycles. The molecule has 2 unspecified atom stereocenters. The Morgan fingerprint density at radius 2 is 1.09 bits per heavy atom. The number of carbonyl (C=O) groups excluding carboxylic acids is 2. The summed E-state index contributed by atoms with van der Waals surface area (Å²) in [5.41, 5.74) is 4.09. The van der Waals surface area contributed by atoms with Crippen LogP contribution in [0.3, 0.4) is 0 Å². The molecule has 224 valence electrons. The number of rotatable bonds is 2. The van der Waals surface area contributed by atoms with Crippen molar-refractivity contribution in [1.82, 2.24) is 0 Å². The molecule has 4 aromatic carbocycles. The molecule has 8 heteroatoms. The number of nitrogens with one attached hydrogen (secondary N) is 2. The van der Waals surface area contributed by atoms with Crippen LogP contribution in [0.4, 0.5) is 22.7 Å². The highest BCUT2D eigenvalue weighted by Gasteiger charge is 2.46. The van der Waals surface area contributed by atoms with E-state index in [0.29, 0.717) is 12.8 Å². The Bertz CT molecular complexity index is 1790. The average Bonchev–Trinajstić information content (AvgIpc) is 2.99. The molecule has 0 aromatic heterocycles. The molecule has 2 amide bonds. The lowest BCUT2D eigenvalue weighted by atomic mass is 9.62. The van der Waals surface area contributed by atoms with Gasteiger partial charge in [0.2, 0.25) is 11.8 Å². The fourth-order valence-electron chi connectivity index (χ4n) is 9.15. The Hall–Kier alpha value is -4.14. The second-order valence-corrected chi connectivity index (χ2v) is 13.7. The van der Waals surface area contributed by atoms with Crippen molar-refractivity contribution in [3.05, 3.63) is 71.8 Å². The molecule has 3 fully saturated rings. The molecular formula is C36H34N4O4-2. The van der Waals surface area contributed by atoms with Gasteiger partial charge in [0.25, 0.3) is 0 Å². The molecule has 0 radical (unpaired) electrons. The topological polar surface area (TPSA) is 111 Å². The third-order valence-electron chi connectivity index (χ3n) is 11.1. The summed E-state index contributed by atoms with van der Waals surface area (Å²) in [6, 6.07) is 19.6.